The first kappa shape index (κ1) is 26.0. The van der Waals surface area contributed by atoms with Crippen LogP contribution in [0.25, 0.3) is 0 Å². The molecule has 0 aromatic heterocycles. The van der Waals surface area contributed by atoms with E-state index in [1.165, 1.54) is 21.2 Å². The molecule has 0 aliphatic heterocycles. The molecule has 0 spiro atoms. The Balaban J connectivity index is 1.49. The Bertz CT molecular complexity index is 936. The first-order chi connectivity index (χ1) is 16.7. The molecular weight excluding hydrogens is 584 g/mol. The Labute approximate surface area is 219 Å². The quantitative estimate of drug-likeness (QED) is 0.140. The van der Waals surface area contributed by atoms with Crippen LogP contribution in [0.2, 0.25) is 0 Å². The number of hydrogen-bond donors (Lipinski definition) is 0. The van der Waals surface area contributed by atoms with Gasteiger partial charge in [0.15, 0.2) is 0 Å². The van der Waals surface area contributed by atoms with Gasteiger partial charge in [-0.3, -0.25) is 0 Å². The van der Waals surface area contributed by atoms with Crippen LogP contribution in [0, 0.1) is 0 Å². The normalized spacial score (nSPS) is 11.9. The second-order valence-electron chi connectivity index (χ2n) is 7.71. The summed E-state index contributed by atoms with van der Waals surface area (Å²) in [5, 5.41) is 5.62. The van der Waals surface area contributed by atoms with Crippen LogP contribution >= 0.6 is 35.2 Å². The van der Waals surface area contributed by atoms with E-state index in [0.29, 0.717) is 0 Å². The minimum absolute atomic E-state index is 0.453. The van der Waals surface area contributed by atoms with Crippen molar-refractivity contribution in [3.05, 3.63) is 121 Å². The molecule has 0 radical (unpaired) electrons. The van der Waals surface area contributed by atoms with Gasteiger partial charge in [-0.25, -0.2) is 0 Å². The van der Waals surface area contributed by atoms with E-state index in [0.717, 1.165) is 25.4 Å². The van der Waals surface area contributed by atoms with E-state index in [1.807, 2.05) is 0 Å². The van der Waals surface area contributed by atoms with Crippen molar-refractivity contribution in [2.75, 3.05) is 25.4 Å². The van der Waals surface area contributed by atoms with Crippen molar-refractivity contribution < 1.29 is 14.2 Å². The SMILES string of the molecule is [Cl][Ru]([Cl])[N](CCP(c1ccccc1)c1ccccc1)CCP(c1ccccc1)c1ccccc1. The van der Waals surface area contributed by atoms with E-state index in [-0.39, 0.29) is 0 Å². The fraction of sp³-hybridized carbons (Fsp3) is 0.143. The molecule has 0 amide bonds. The van der Waals surface area contributed by atoms with Crippen LogP contribution < -0.4 is 21.2 Å². The van der Waals surface area contributed by atoms with Gasteiger partial charge in [-0.15, -0.1) is 0 Å². The van der Waals surface area contributed by atoms with E-state index >= 15 is 0 Å². The zero-order chi connectivity index (χ0) is 23.6. The second-order valence-corrected chi connectivity index (χ2v) is 18.1. The predicted molar refractivity (Wildman–Crippen MR) is 151 cm³/mol. The van der Waals surface area contributed by atoms with Gasteiger partial charge in [0.25, 0.3) is 0 Å². The monoisotopic (exact) mass is 612 g/mol. The van der Waals surface area contributed by atoms with Crippen LogP contribution in [0.3, 0.4) is 0 Å². The van der Waals surface area contributed by atoms with E-state index in [1.54, 1.807) is 0 Å². The third kappa shape index (κ3) is 7.45. The average molecular weight is 612 g/mol. The van der Waals surface area contributed by atoms with Crippen molar-refractivity contribution >= 4 is 56.4 Å². The zero-order valence-electron chi connectivity index (χ0n) is 18.8. The molecule has 6 heteroatoms. The topological polar surface area (TPSA) is 3.24 Å². The van der Waals surface area contributed by atoms with Crippen LogP contribution in [0.1, 0.15) is 0 Å². The summed E-state index contributed by atoms with van der Waals surface area (Å²) in [5.41, 5.74) is 0. The molecule has 0 aliphatic rings. The van der Waals surface area contributed by atoms with Crippen molar-refractivity contribution in [2.45, 2.75) is 0 Å². The van der Waals surface area contributed by atoms with Gasteiger partial charge >= 0.3 is 221 Å². The second kappa shape index (κ2) is 13.8. The van der Waals surface area contributed by atoms with Gasteiger partial charge in [0, 0.05) is 0 Å². The molecule has 0 unspecified atom stereocenters. The van der Waals surface area contributed by atoms with Gasteiger partial charge in [0.1, 0.15) is 0 Å². The fourth-order valence-electron chi connectivity index (χ4n) is 3.89. The molecule has 4 aromatic carbocycles. The molecule has 0 saturated heterocycles. The maximum atomic E-state index is 6.64. The number of benzene rings is 4. The van der Waals surface area contributed by atoms with Crippen molar-refractivity contribution in [2.24, 2.45) is 0 Å². The van der Waals surface area contributed by atoms with Crippen LogP contribution in [-0.4, -0.2) is 29.1 Å². The summed E-state index contributed by atoms with van der Waals surface area (Å²) in [7, 11) is 12.4. The standard InChI is InChI=1S/C28H28NP2.2ClH.Ru/c1-5-13-25(14-6-1)30(26-15-7-2-8-16-26)23-21-29-22-24-31(27-17-9-3-10-18-27)28-19-11-4-12-20-28;;;/h1-20H,21-24H2;2*1H;/q-1;;;+3/p-2. The third-order valence-electron chi connectivity index (χ3n) is 5.56. The van der Waals surface area contributed by atoms with Crippen LogP contribution in [0.5, 0.6) is 0 Å². The number of hydrogen-bond acceptors (Lipinski definition) is 1. The molecule has 0 saturated carbocycles. The molecular formula is C28H28Cl2NP2Ru. The molecule has 34 heavy (non-hydrogen) atoms. The zero-order valence-corrected chi connectivity index (χ0v) is 23.9. The average Bonchev–Trinajstić information content (AvgIpc) is 2.90. The maximum absolute atomic E-state index is 6.64. The van der Waals surface area contributed by atoms with Crippen molar-refractivity contribution in [3.63, 3.8) is 0 Å². The van der Waals surface area contributed by atoms with Crippen molar-refractivity contribution in [1.29, 1.82) is 0 Å². The molecule has 0 bridgehead atoms. The molecule has 0 aliphatic carbocycles. The summed E-state index contributed by atoms with van der Waals surface area (Å²) in [5.74, 6) is 0. The van der Waals surface area contributed by atoms with E-state index in [2.05, 4.69) is 125 Å². The summed E-state index contributed by atoms with van der Waals surface area (Å²) >= 11 is -2.03. The molecule has 1 nitrogen and oxygen atoms in total. The molecule has 4 aromatic rings. The van der Waals surface area contributed by atoms with Crippen LogP contribution in [0.4, 0.5) is 0 Å². The summed E-state index contributed by atoms with van der Waals surface area (Å²) in [6, 6.07) is 43.5. The fourth-order valence-corrected chi connectivity index (χ4v) is 11.5. The molecule has 0 N–H and O–H groups in total. The molecule has 0 fully saturated rings. The predicted octanol–water partition coefficient (Wildman–Crippen LogP) is 6.40. The van der Waals surface area contributed by atoms with Crippen molar-refractivity contribution in [3.8, 4) is 0 Å². The van der Waals surface area contributed by atoms with E-state index in [4.69, 9.17) is 19.4 Å². The van der Waals surface area contributed by atoms with Gasteiger partial charge in [0.05, 0.1) is 0 Å². The van der Waals surface area contributed by atoms with Crippen LogP contribution in [0.15, 0.2) is 121 Å². The Morgan fingerprint density at radius 3 is 0.971 bits per heavy atom. The number of rotatable bonds is 11. The summed E-state index contributed by atoms with van der Waals surface area (Å²) in [6.07, 6.45) is 2.12. The Hall–Kier alpha value is -1.10. The summed E-state index contributed by atoms with van der Waals surface area (Å²) in [6.45, 7) is 1.85. The first-order valence-electron chi connectivity index (χ1n) is 11.2. The molecule has 0 heterocycles. The molecule has 177 valence electrons. The Kier molecular flexibility index (Phi) is 10.6. The number of nitrogens with zero attached hydrogens (tertiary/aromatic N) is 1. The van der Waals surface area contributed by atoms with E-state index < -0.39 is 30.1 Å². The van der Waals surface area contributed by atoms with Crippen LogP contribution in [-0.2, 0) is 14.2 Å². The van der Waals surface area contributed by atoms with Gasteiger partial charge in [-0.05, 0) is 0 Å². The molecule has 0 atom stereocenters. The van der Waals surface area contributed by atoms with Gasteiger partial charge in [0.2, 0.25) is 0 Å². The van der Waals surface area contributed by atoms with Gasteiger partial charge in [-0.1, -0.05) is 0 Å². The first-order valence-corrected chi connectivity index (χ1v) is 19.5. The van der Waals surface area contributed by atoms with Crippen molar-refractivity contribution in [1.82, 2.24) is 3.64 Å². The Morgan fingerprint density at radius 2 is 0.735 bits per heavy atom. The van der Waals surface area contributed by atoms with Gasteiger partial charge in [-0.2, -0.15) is 0 Å². The Morgan fingerprint density at radius 1 is 0.471 bits per heavy atom. The van der Waals surface area contributed by atoms with Gasteiger partial charge < -0.3 is 0 Å². The summed E-state index contributed by atoms with van der Waals surface area (Å²) in [4.78, 5) is 0. The number of halogens is 2. The molecule has 4 rings (SSSR count). The van der Waals surface area contributed by atoms with E-state index in [9.17, 15) is 0 Å². The summed E-state index contributed by atoms with van der Waals surface area (Å²) < 4.78 is 2.37. The third-order valence-corrected chi connectivity index (χ3v) is 14.2. The minimum atomic E-state index is -2.03.